The van der Waals surface area contributed by atoms with Crippen molar-refractivity contribution >= 4 is 38.2 Å². The Bertz CT molecular complexity index is 1450. The predicted octanol–water partition coefficient (Wildman–Crippen LogP) is 5.61. The minimum Gasteiger partial charge on any atom is -0.496 e. The number of alkyl halides is 3. The number of methoxy groups -OCH3 is 1. The second-order valence-electron chi connectivity index (χ2n) is 7.59. The van der Waals surface area contributed by atoms with Gasteiger partial charge in [0.2, 0.25) is 0 Å². The highest BCUT2D eigenvalue weighted by Crippen LogP contribution is 2.39. The van der Waals surface area contributed by atoms with E-state index in [9.17, 15) is 17.2 Å². The van der Waals surface area contributed by atoms with Gasteiger partial charge in [-0.25, -0.2) is 27.2 Å². The van der Waals surface area contributed by atoms with E-state index in [1.807, 2.05) is 0 Å². The number of benzene rings is 2. The Morgan fingerprint density at radius 1 is 1.09 bits per heavy atom. The Labute approximate surface area is 206 Å². The molecule has 4 rings (SSSR count). The van der Waals surface area contributed by atoms with Crippen LogP contribution in [-0.2, 0) is 16.4 Å². The number of sulfonamides is 1. The molecule has 0 amide bonds. The van der Waals surface area contributed by atoms with Crippen molar-refractivity contribution in [2.45, 2.75) is 24.2 Å². The molecule has 0 fully saturated rings. The maximum absolute atomic E-state index is 13.7. The van der Waals surface area contributed by atoms with Gasteiger partial charge in [0.05, 0.1) is 17.7 Å². The lowest BCUT2D eigenvalue weighted by Crippen LogP contribution is -2.13. The molecular formula is C24H21ClF2N4O3S. The molecule has 11 heteroatoms. The summed E-state index contributed by atoms with van der Waals surface area (Å²) >= 11 is 5.79. The molecule has 7 nitrogen and oxygen atoms in total. The van der Waals surface area contributed by atoms with Crippen LogP contribution in [0.25, 0.3) is 22.0 Å². The van der Waals surface area contributed by atoms with Crippen molar-refractivity contribution in [2.75, 3.05) is 17.7 Å². The van der Waals surface area contributed by atoms with Crippen LogP contribution in [-0.4, -0.2) is 36.4 Å². The Morgan fingerprint density at radius 3 is 2.60 bits per heavy atom. The van der Waals surface area contributed by atoms with E-state index in [0.717, 1.165) is 0 Å². The number of halogens is 3. The summed E-state index contributed by atoms with van der Waals surface area (Å²) in [6.45, 7) is 0. The van der Waals surface area contributed by atoms with Crippen LogP contribution in [0.15, 0.2) is 66.1 Å². The van der Waals surface area contributed by atoms with Gasteiger partial charge in [-0.1, -0.05) is 6.07 Å². The molecule has 0 unspecified atom stereocenters. The number of nitrogens with one attached hydrogen (secondary N) is 1. The zero-order valence-electron chi connectivity index (χ0n) is 18.6. The summed E-state index contributed by atoms with van der Waals surface area (Å²) in [6, 6.07) is 10.7. The lowest BCUT2D eigenvalue weighted by atomic mass is 9.95. The molecule has 0 atom stereocenters. The van der Waals surface area contributed by atoms with Gasteiger partial charge in [0, 0.05) is 34.8 Å². The molecule has 35 heavy (non-hydrogen) atoms. The van der Waals surface area contributed by atoms with Gasteiger partial charge in [0.1, 0.15) is 17.9 Å². The fourth-order valence-electron chi connectivity index (χ4n) is 3.76. The quantitative estimate of drug-likeness (QED) is 0.289. The average molecular weight is 519 g/mol. The molecule has 2 aromatic carbocycles. The third kappa shape index (κ3) is 5.33. The van der Waals surface area contributed by atoms with Crippen LogP contribution in [0, 0.1) is 0 Å². The SMILES string of the molecule is COc1cc(C(F)F)c(CCCCl)cc1-c1nccc2cc(S(=O)(=O)Nc3ccncn3)ccc12. The van der Waals surface area contributed by atoms with Crippen molar-refractivity contribution in [1.29, 1.82) is 0 Å². The Balaban J connectivity index is 1.81. The number of fused-ring (bicyclic) bond motifs is 1. The average Bonchev–Trinajstić information content (AvgIpc) is 2.86. The van der Waals surface area contributed by atoms with Crippen LogP contribution in [0.4, 0.5) is 14.6 Å². The monoisotopic (exact) mass is 518 g/mol. The van der Waals surface area contributed by atoms with Crippen molar-refractivity contribution in [3.63, 3.8) is 0 Å². The van der Waals surface area contributed by atoms with E-state index in [1.54, 1.807) is 18.2 Å². The first-order valence-corrected chi connectivity index (χ1v) is 12.6. The van der Waals surface area contributed by atoms with E-state index in [1.165, 1.54) is 50.1 Å². The first kappa shape index (κ1) is 24.7. The topological polar surface area (TPSA) is 94.1 Å². The number of anilines is 1. The molecule has 2 aromatic heterocycles. The molecule has 0 saturated heterocycles. The van der Waals surface area contributed by atoms with Crippen molar-refractivity contribution < 1.29 is 21.9 Å². The summed E-state index contributed by atoms with van der Waals surface area (Å²) in [5, 5.41) is 1.24. The van der Waals surface area contributed by atoms with Crippen LogP contribution in [0.2, 0.25) is 0 Å². The molecule has 2 heterocycles. The maximum Gasteiger partial charge on any atom is 0.264 e. The van der Waals surface area contributed by atoms with Crippen LogP contribution < -0.4 is 9.46 Å². The highest BCUT2D eigenvalue weighted by atomic mass is 35.5. The molecule has 0 aliphatic rings. The molecule has 0 aliphatic carbocycles. The van der Waals surface area contributed by atoms with Gasteiger partial charge in [-0.3, -0.25) is 9.71 Å². The molecule has 0 spiro atoms. The number of pyridine rings is 1. The molecule has 0 radical (unpaired) electrons. The zero-order chi connectivity index (χ0) is 25.0. The molecule has 0 aliphatic heterocycles. The minimum absolute atomic E-state index is 0.0311. The van der Waals surface area contributed by atoms with Gasteiger partial charge in [-0.05, 0) is 60.2 Å². The number of ether oxygens (including phenoxy) is 1. The first-order chi connectivity index (χ1) is 16.8. The fraction of sp³-hybridized carbons (Fsp3) is 0.208. The Hall–Kier alpha value is -3.37. The summed E-state index contributed by atoms with van der Waals surface area (Å²) in [7, 11) is -2.50. The second-order valence-corrected chi connectivity index (χ2v) is 9.65. The van der Waals surface area contributed by atoms with Crippen molar-refractivity contribution in [3.05, 3.63) is 72.3 Å². The number of hydrogen-bond donors (Lipinski definition) is 1. The smallest absolute Gasteiger partial charge is 0.264 e. The highest BCUT2D eigenvalue weighted by molar-refractivity contribution is 7.92. The number of aromatic nitrogens is 3. The number of hydrogen-bond acceptors (Lipinski definition) is 6. The van der Waals surface area contributed by atoms with Gasteiger partial charge in [0.25, 0.3) is 16.4 Å². The standard InChI is InChI=1S/C24H21ClF2N4O3S/c1-34-21-13-19(24(26)27)15(3-2-8-25)12-20(21)23-18-5-4-17(11-16(18)6-10-29-23)35(32,33)31-22-7-9-28-14-30-22/h4-7,9-14,24H,2-3,8H2,1H3,(H,28,30,31). The van der Waals surface area contributed by atoms with Crippen LogP contribution in [0.3, 0.4) is 0 Å². The summed E-state index contributed by atoms with van der Waals surface area (Å²) in [6.07, 6.45) is 2.45. The first-order valence-electron chi connectivity index (χ1n) is 10.6. The van der Waals surface area contributed by atoms with Gasteiger partial charge >= 0.3 is 0 Å². The fourth-order valence-corrected chi connectivity index (χ4v) is 4.93. The van der Waals surface area contributed by atoms with Crippen LogP contribution in [0.5, 0.6) is 5.75 Å². The Kier molecular flexibility index (Phi) is 7.42. The molecule has 0 bridgehead atoms. The number of nitrogens with zero attached hydrogens (tertiary/aromatic N) is 3. The second kappa shape index (κ2) is 10.5. The van der Waals surface area contributed by atoms with E-state index < -0.39 is 16.4 Å². The molecule has 1 N–H and O–H groups in total. The molecular weight excluding hydrogens is 498 g/mol. The van der Waals surface area contributed by atoms with Crippen LogP contribution >= 0.6 is 11.6 Å². The normalized spacial score (nSPS) is 11.7. The largest absolute Gasteiger partial charge is 0.496 e. The number of rotatable bonds is 9. The van der Waals surface area contributed by atoms with Crippen molar-refractivity contribution in [3.8, 4) is 17.0 Å². The zero-order valence-corrected chi connectivity index (χ0v) is 20.2. The third-order valence-electron chi connectivity index (χ3n) is 5.40. The van der Waals surface area contributed by atoms with E-state index >= 15 is 0 Å². The summed E-state index contributed by atoms with van der Waals surface area (Å²) < 4.78 is 60.9. The van der Waals surface area contributed by atoms with E-state index in [2.05, 4.69) is 19.7 Å². The van der Waals surface area contributed by atoms with Gasteiger partial charge in [0.15, 0.2) is 0 Å². The summed E-state index contributed by atoms with van der Waals surface area (Å²) in [5.41, 5.74) is 1.37. The van der Waals surface area contributed by atoms with Gasteiger partial charge in [-0.15, -0.1) is 11.6 Å². The summed E-state index contributed by atoms with van der Waals surface area (Å²) in [4.78, 5) is 12.2. The van der Waals surface area contributed by atoms with E-state index in [0.29, 0.717) is 46.3 Å². The lowest BCUT2D eigenvalue weighted by molar-refractivity contribution is 0.150. The molecule has 0 saturated carbocycles. The van der Waals surface area contributed by atoms with Gasteiger partial charge < -0.3 is 4.74 Å². The molecule has 4 aromatic rings. The van der Waals surface area contributed by atoms with Crippen LogP contribution in [0.1, 0.15) is 24.0 Å². The Morgan fingerprint density at radius 2 is 1.91 bits per heavy atom. The number of aryl methyl sites for hydroxylation is 1. The lowest BCUT2D eigenvalue weighted by Gasteiger charge is -2.16. The van der Waals surface area contributed by atoms with E-state index in [4.69, 9.17) is 16.3 Å². The summed E-state index contributed by atoms with van der Waals surface area (Å²) in [5.74, 6) is 0.734. The van der Waals surface area contributed by atoms with Gasteiger partial charge in [-0.2, -0.15) is 0 Å². The maximum atomic E-state index is 13.7. The van der Waals surface area contributed by atoms with E-state index in [-0.39, 0.29) is 22.0 Å². The molecule has 182 valence electrons. The third-order valence-corrected chi connectivity index (χ3v) is 7.02. The van der Waals surface area contributed by atoms with Crippen molar-refractivity contribution in [2.24, 2.45) is 0 Å². The highest BCUT2D eigenvalue weighted by Gasteiger charge is 2.21. The predicted molar refractivity (Wildman–Crippen MR) is 131 cm³/mol. The van der Waals surface area contributed by atoms with Crippen molar-refractivity contribution in [1.82, 2.24) is 15.0 Å². The minimum atomic E-state index is -3.91.